The fourth-order valence-electron chi connectivity index (χ4n) is 4.43. The van der Waals surface area contributed by atoms with Crippen LogP contribution in [0, 0.1) is 29.1 Å². The van der Waals surface area contributed by atoms with Gasteiger partial charge in [0.05, 0.1) is 0 Å². The molecule has 1 nitrogen and oxygen atoms in total. The Morgan fingerprint density at radius 1 is 0.795 bits per heavy atom. The van der Waals surface area contributed by atoms with Crippen LogP contribution >= 0.6 is 0 Å². The van der Waals surface area contributed by atoms with E-state index in [0.717, 1.165) is 36.8 Å². The van der Waals surface area contributed by atoms with Crippen LogP contribution in [0.1, 0.15) is 54.9 Å². The van der Waals surface area contributed by atoms with E-state index in [4.69, 9.17) is 0 Å². The molecule has 4 rings (SSSR count). The quantitative estimate of drug-likeness (QED) is 0.146. The Kier molecular flexibility index (Phi) is 8.47. The number of ether oxygens (including phenoxy) is 1. The van der Waals surface area contributed by atoms with Crippen LogP contribution in [0.3, 0.4) is 0 Å². The Labute approximate surface area is 220 Å². The molecule has 39 heavy (non-hydrogen) atoms. The summed E-state index contributed by atoms with van der Waals surface area (Å²) in [5.74, 6) is -10.3. The summed E-state index contributed by atoms with van der Waals surface area (Å²) < 4.78 is 118. The van der Waals surface area contributed by atoms with Crippen LogP contribution in [-0.4, -0.2) is 6.17 Å². The predicted octanol–water partition coefficient (Wildman–Crippen LogP) is 9.45. The number of unbranched alkanes of at least 4 members (excludes halogenated alkanes) is 2. The second-order valence-electron chi connectivity index (χ2n) is 9.27. The number of allylic oxidation sites excluding steroid dienone is 4. The second kappa shape index (κ2) is 11.6. The van der Waals surface area contributed by atoms with Gasteiger partial charge in [-0.15, -0.1) is 0 Å². The maximum absolute atomic E-state index is 15.1. The molecule has 3 aromatic carbocycles. The van der Waals surface area contributed by atoms with Crippen LogP contribution in [0.15, 0.2) is 60.7 Å². The van der Waals surface area contributed by atoms with Crippen molar-refractivity contribution in [3.63, 3.8) is 0 Å². The molecule has 0 spiro atoms. The summed E-state index contributed by atoms with van der Waals surface area (Å²) in [5, 5.41) is 0. The molecule has 1 aliphatic rings. The molecule has 0 aliphatic heterocycles. The Bertz CT molecular complexity index is 1360. The van der Waals surface area contributed by atoms with Gasteiger partial charge < -0.3 is 4.74 Å². The van der Waals surface area contributed by atoms with Crippen molar-refractivity contribution in [2.24, 2.45) is 0 Å². The summed E-state index contributed by atoms with van der Waals surface area (Å²) in [6.45, 7) is 2.12. The molecule has 1 aliphatic carbocycles. The van der Waals surface area contributed by atoms with Crippen molar-refractivity contribution in [2.75, 3.05) is 0 Å². The molecule has 1 atom stereocenters. The van der Waals surface area contributed by atoms with Crippen molar-refractivity contribution in [1.29, 1.82) is 0 Å². The van der Waals surface area contributed by atoms with E-state index >= 15 is 4.39 Å². The van der Waals surface area contributed by atoms with Crippen LogP contribution in [0.25, 0.3) is 11.1 Å². The van der Waals surface area contributed by atoms with Crippen molar-refractivity contribution in [3.8, 4) is 5.75 Å². The normalized spacial score (nSPS) is 15.7. The first-order chi connectivity index (χ1) is 18.5. The lowest BCUT2D eigenvalue weighted by Gasteiger charge is -2.22. The smallest absolute Gasteiger partial charge is 0.429 e. The van der Waals surface area contributed by atoms with Gasteiger partial charge in [0.25, 0.3) is 0 Å². The Hall–Kier alpha value is -3.62. The maximum Gasteiger partial charge on any atom is 0.432 e. The standard InChI is InChI=1S/C30H24F8O/c1-2-3-4-5-17-6-8-18(9-7-17)19-10-11-22(23(31)12-19)20-13-24(32)28(25(33)14-20)30(37,38)39-21-15-26(34)29(36)27(35)16-21/h6-11,13-16,23H,2-5,12H2,1H3. The highest BCUT2D eigenvalue weighted by Gasteiger charge is 2.42. The lowest BCUT2D eigenvalue weighted by Crippen LogP contribution is -2.25. The number of benzene rings is 3. The highest BCUT2D eigenvalue weighted by atomic mass is 19.3. The van der Waals surface area contributed by atoms with E-state index in [1.807, 2.05) is 24.3 Å². The van der Waals surface area contributed by atoms with Gasteiger partial charge in [0.2, 0.25) is 0 Å². The summed E-state index contributed by atoms with van der Waals surface area (Å²) in [5.41, 5.74) is 0.383. The highest BCUT2D eigenvalue weighted by Crippen LogP contribution is 2.39. The van der Waals surface area contributed by atoms with Crippen molar-refractivity contribution < 1.29 is 39.9 Å². The first-order valence-corrected chi connectivity index (χ1v) is 12.4. The first-order valence-electron chi connectivity index (χ1n) is 12.4. The molecular weight excluding hydrogens is 528 g/mol. The van der Waals surface area contributed by atoms with E-state index in [-0.39, 0.29) is 29.7 Å². The number of rotatable bonds is 9. The predicted molar refractivity (Wildman–Crippen MR) is 132 cm³/mol. The Morgan fingerprint density at radius 3 is 1.97 bits per heavy atom. The molecule has 206 valence electrons. The largest absolute Gasteiger partial charge is 0.432 e. The number of alkyl halides is 3. The van der Waals surface area contributed by atoms with E-state index in [9.17, 15) is 30.7 Å². The number of hydrogen-bond donors (Lipinski definition) is 0. The van der Waals surface area contributed by atoms with Gasteiger partial charge in [-0.1, -0.05) is 56.2 Å². The zero-order chi connectivity index (χ0) is 28.3. The van der Waals surface area contributed by atoms with E-state index in [0.29, 0.717) is 17.7 Å². The highest BCUT2D eigenvalue weighted by molar-refractivity contribution is 5.80. The van der Waals surface area contributed by atoms with Crippen LogP contribution in [0.4, 0.5) is 35.1 Å². The molecule has 0 radical (unpaired) electrons. The molecular formula is C30H24F8O. The van der Waals surface area contributed by atoms with Crippen LogP contribution in [-0.2, 0) is 12.5 Å². The van der Waals surface area contributed by atoms with Crippen molar-refractivity contribution >= 4 is 11.1 Å². The maximum atomic E-state index is 15.1. The van der Waals surface area contributed by atoms with E-state index in [1.54, 1.807) is 6.08 Å². The molecule has 0 N–H and O–H groups in total. The first kappa shape index (κ1) is 28.4. The fraction of sp³-hybridized carbons (Fsp3) is 0.267. The molecule has 3 aromatic rings. The summed E-state index contributed by atoms with van der Waals surface area (Å²) in [6.07, 6.45) is 0.723. The average Bonchev–Trinajstić information content (AvgIpc) is 2.87. The lowest BCUT2D eigenvalue weighted by atomic mass is 9.87. The van der Waals surface area contributed by atoms with E-state index in [2.05, 4.69) is 11.7 Å². The molecule has 1 unspecified atom stereocenters. The second-order valence-corrected chi connectivity index (χ2v) is 9.27. The summed E-state index contributed by atoms with van der Waals surface area (Å²) in [7, 11) is 0. The van der Waals surface area contributed by atoms with Crippen molar-refractivity contribution in [2.45, 2.75) is 51.3 Å². The number of hydrogen-bond acceptors (Lipinski definition) is 1. The zero-order valence-corrected chi connectivity index (χ0v) is 20.8. The minimum atomic E-state index is -4.73. The van der Waals surface area contributed by atoms with Gasteiger partial charge in [0.1, 0.15) is 29.1 Å². The Morgan fingerprint density at radius 2 is 1.41 bits per heavy atom. The molecule has 0 heterocycles. The average molecular weight is 553 g/mol. The van der Waals surface area contributed by atoms with Gasteiger partial charge in [-0.3, -0.25) is 0 Å². The van der Waals surface area contributed by atoms with E-state index in [1.165, 1.54) is 6.08 Å². The van der Waals surface area contributed by atoms with Gasteiger partial charge in [0, 0.05) is 18.6 Å². The molecule has 9 heteroatoms. The zero-order valence-electron chi connectivity index (χ0n) is 20.8. The molecule has 0 amide bonds. The van der Waals surface area contributed by atoms with Gasteiger partial charge in [-0.05, 0) is 52.8 Å². The molecule has 0 aromatic heterocycles. The van der Waals surface area contributed by atoms with Gasteiger partial charge >= 0.3 is 6.11 Å². The third-order valence-corrected chi connectivity index (χ3v) is 6.46. The monoisotopic (exact) mass is 552 g/mol. The Balaban J connectivity index is 1.56. The molecule has 0 saturated heterocycles. The summed E-state index contributed by atoms with van der Waals surface area (Å²) >= 11 is 0. The van der Waals surface area contributed by atoms with Crippen LogP contribution in [0.2, 0.25) is 0 Å². The van der Waals surface area contributed by atoms with Crippen LogP contribution < -0.4 is 4.74 Å². The minimum Gasteiger partial charge on any atom is -0.429 e. The SMILES string of the molecule is CCCCCc1ccc(C2=CC=C(c3cc(F)c(C(F)(F)Oc4cc(F)c(F)c(F)c4)c(F)c3)C(F)C2)cc1. The van der Waals surface area contributed by atoms with Crippen molar-refractivity contribution in [1.82, 2.24) is 0 Å². The fourth-order valence-corrected chi connectivity index (χ4v) is 4.43. The third kappa shape index (κ3) is 6.34. The summed E-state index contributed by atoms with van der Waals surface area (Å²) in [6, 6.07) is 8.99. The van der Waals surface area contributed by atoms with Crippen molar-refractivity contribution in [3.05, 3.63) is 112 Å². The minimum absolute atomic E-state index is 0.0903. The van der Waals surface area contributed by atoms with Gasteiger partial charge in [0.15, 0.2) is 17.5 Å². The lowest BCUT2D eigenvalue weighted by molar-refractivity contribution is -0.189. The molecule has 0 saturated carbocycles. The summed E-state index contributed by atoms with van der Waals surface area (Å²) in [4.78, 5) is 0. The van der Waals surface area contributed by atoms with Crippen LogP contribution in [0.5, 0.6) is 5.75 Å². The molecule has 0 fully saturated rings. The molecule has 0 bridgehead atoms. The van der Waals surface area contributed by atoms with E-state index < -0.39 is 52.7 Å². The topological polar surface area (TPSA) is 9.23 Å². The van der Waals surface area contributed by atoms with Gasteiger partial charge in [-0.2, -0.15) is 8.78 Å². The number of halogens is 8. The number of aryl methyl sites for hydroxylation is 1. The third-order valence-electron chi connectivity index (χ3n) is 6.46. The van der Waals surface area contributed by atoms with Gasteiger partial charge in [-0.25, -0.2) is 26.3 Å².